The fourth-order valence-corrected chi connectivity index (χ4v) is 4.79. The van der Waals surface area contributed by atoms with E-state index in [2.05, 4.69) is 35.5 Å². The van der Waals surface area contributed by atoms with Crippen LogP contribution in [-0.4, -0.2) is 83.5 Å². The molecule has 39 heavy (non-hydrogen) atoms. The zero-order chi connectivity index (χ0) is 27.2. The van der Waals surface area contributed by atoms with Crippen LogP contribution in [-0.2, 0) is 6.42 Å². The smallest absolute Gasteiger partial charge is 0.251 e. The molecule has 0 bridgehead atoms. The molecule has 1 aromatic carbocycles. The number of aromatic nitrogens is 4. The molecule has 1 aliphatic heterocycles. The number of rotatable bonds is 9. The highest BCUT2D eigenvalue weighted by Gasteiger charge is 2.20. The molecule has 0 unspecified atom stereocenters. The fraction of sp³-hybridized carbons (Fsp3) is 0.321. The van der Waals surface area contributed by atoms with Crippen molar-refractivity contribution in [2.45, 2.75) is 12.8 Å². The molecule has 0 radical (unpaired) electrons. The van der Waals surface area contributed by atoms with E-state index in [1.165, 1.54) is 6.33 Å². The third kappa shape index (κ3) is 6.26. The summed E-state index contributed by atoms with van der Waals surface area (Å²) in [5, 5.41) is 6.85. The van der Waals surface area contributed by atoms with Gasteiger partial charge in [-0.25, -0.2) is 23.7 Å². The zero-order valence-electron chi connectivity index (χ0n) is 21.6. The second-order valence-electron chi connectivity index (χ2n) is 9.30. The standard InChI is InChI=1S/C28H30F2N8O/c1-31-28(39)22-8-10-33-27-19(3-2-4-21(22)27)7-9-32-25-15-23(35-18-36-25)20-5-6-26(34-16-20)38-13-11-37(12-14-38)17-24(29)30/h2-6,8,10,15-16,18,24H,7,9,11-14,17H2,1H3,(H,31,39)(H,32,35,36). The monoisotopic (exact) mass is 532 g/mol. The van der Waals surface area contributed by atoms with E-state index in [0.717, 1.165) is 33.5 Å². The lowest BCUT2D eigenvalue weighted by molar-refractivity contribution is 0.0853. The van der Waals surface area contributed by atoms with Crippen LogP contribution in [0.5, 0.6) is 0 Å². The summed E-state index contributed by atoms with van der Waals surface area (Å²) in [7, 11) is 1.62. The fourth-order valence-electron chi connectivity index (χ4n) is 4.79. The molecule has 1 amide bonds. The van der Waals surface area contributed by atoms with Crippen molar-refractivity contribution in [3.63, 3.8) is 0 Å². The molecule has 4 heterocycles. The maximum atomic E-state index is 12.6. The third-order valence-electron chi connectivity index (χ3n) is 6.83. The summed E-state index contributed by atoms with van der Waals surface area (Å²) in [5.41, 5.74) is 4.06. The number of hydrogen-bond acceptors (Lipinski definition) is 8. The second-order valence-corrected chi connectivity index (χ2v) is 9.30. The number of nitrogens with one attached hydrogen (secondary N) is 2. The Bertz CT molecular complexity index is 1430. The van der Waals surface area contributed by atoms with Crippen LogP contribution in [0, 0.1) is 0 Å². The number of anilines is 2. The van der Waals surface area contributed by atoms with Gasteiger partial charge in [0.25, 0.3) is 12.3 Å². The SMILES string of the molecule is CNC(=O)c1ccnc2c(CCNc3cc(-c4ccc(N5CCN(CC(F)F)CC5)nc4)ncn3)cccc12. The van der Waals surface area contributed by atoms with Crippen LogP contribution in [0.4, 0.5) is 20.4 Å². The minimum atomic E-state index is -2.31. The Balaban J connectivity index is 1.21. The summed E-state index contributed by atoms with van der Waals surface area (Å²) in [6.45, 7) is 2.97. The second kappa shape index (κ2) is 12.1. The Kier molecular flexibility index (Phi) is 8.16. The predicted molar refractivity (Wildman–Crippen MR) is 147 cm³/mol. The normalized spacial score (nSPS) is 14.1. The van der Waals surface area contributed by atoms with Gasteiger partial charge in [0.2, 0.25) is 0 Å². The van der Waals surface area contributed by atoms with Gasteiger partial charge < -0.3 is 15.5 Å². The van der Waals surface area contributed by atoms with Gasteiger partial charge in [0.05, 0.1) is 23.3 Å². The van der Waals surface area contributed by atoms with E-state index in [9.17, 15) is 13.6 Å². The lowest BCUT2D eigenvalue weighted by Gasteiger charge is -2.35. The number of fused-ring (bicyclic) bond motifs is 1. The molecule has 0 atom stereocenters. The van der Waals surface area contributed by atoms with E-state index in [1.807, 2.05) is 36.4 Å². The lowest BCUT2D eigenvalue weighted by Crippen LogP contribution is -2.48. The Hall–Kier alpha value is -4.25. The van der Waals surface area contributed by atoms with Crippen molar-refractivity contribution in [3.05, 3.63) is 72.3 Å². The molecule has 9 nitrogen and oxygen atoms in total. The predicted octanol–water partition coefficient (Wildman–Crippen LogP) is 3.49. The number of carbonyl (C=O) groups excluding carboxylic acids is 1. The third-order valence-corrected chi connectivity index (χ3v) is 6.83. The van der Waals surface area contributed by atoms with Gasteiger partial charge in [0.1, 0.15) is 18.0 Å². The van der Waals surface area contributed by atoms with E-state index in [4.69, 9.17) is 0 Å². The van der Waals surface area contributed by atoms with Crippen molar-refractivity contribution in [1.29, 1.82) is 0 Å². The molecule has 11 heteroatoms. The van der Waals surface area contributed by atoms with E-state index < -0.39 is 6.43 Å². The summed E-state index contributed by atoms with van der Waals surface area (Å²) in [4.78, 5) is 34.0. The maximum Gasteiger partial charge on any atom is 0.251 e. The van der Waals surface area contributed by atoms with Gasteiger partial charge in [0, 0.05) is 69.2 Å². The summed E-state index contributed by atoms with van der Waals surface area (Å²) in [6, 6.07) is 13.4. The highest BCUT2D eigenvalue weighted by atomic mass is 19.3. The van der Waals surface area contributed by atoms with Gasteiger partial charge in [-0.3, -0.25) is 14.7 Å². The van der Waals surface area contributed by atoms with Gasteiger partial charge in [0.15, 0.2) is 0 Å². The number of benzene rings is 1. The number of nitrogens with zero attached hydrogens (tertiary/aromatic N) is 6. The first-order valence-corrected chi connectivity index (χ1v) is 12.9. The minimum absolute atomic E-state index is 0.138. The number of pyridine rings is 2. The number of amides is 1. The van der Waals surface area contributed by atoms with Crippen molar-refractivity contribution in [2.24, 2.45) is 0 Å². The average Bonchev–Trinajstić information content (AvgIpc) is 2.97. The first-order chi connectivity index (χ1) is 19.0. The average molecular weight is 533 g/mol. The number of piperazine rings is 1. The summed E-state index contributed by atoms with van der Waals surface area (Å²) < 4.78 is 25.3. The van der Waals surface area contributed by atoms with Crippen LogP contribution in [0.25, 0.3) is 22.2 Å². The lowest BCUT2D eigenvalue weighted by atomic mass is 10.0. The van der Waals surface area contributed by atoms with Crippen LogP contribution in [0.2, 0.25) is 0 Å². The van der Waals surface area contributed by atoms with Gasteiger partial charge >= 0.3 is 0 Å². The molecule has 1 fully saturated rings. The molecule has 1 saturated heterocycles. The van der Waals surface area contributed by atoms with Crippen molar-refractivity contribution < 1.29 is 13.6 Å². The molecule has 0 saturated carbocycles. The molecule has 202 valence electrons. The van der Waals surface area contributed by atoms with Gasteiger partial charge in [-0.05, 0) is 30.2 Å². The first kappa shape index (κ1) is 26.4. The minimum Gasteiger partial charge on any atom is -0.370 e. The molecule has 0 spiro atoms. The van der Waals surface area contributed by atoms with E-state index in [-0.39, 0.29) is 12.5 Å². The van der Waals surface area contributed by atoms with Crippen LogP contribution < -0.4 is 15.5 Å². The molecule has 4 aromatic rings. The molecule has 5 rings (SSSR count). The van der Waals surface area contributed by atoms with E-state index >= 15 is 0 Å². The van der Waals surface area contributed by atoms with Crippen molar-refractivity contribution in [1.82, 2.24) is 30.2 Å². The molecule has 3 aromatic heterocycles. The molecular formula is C28H30F2N8O. The first-order valence-electron chi connectivity index (χ1n) is 12.9. The molecule has 1 aliphatic rings. The maximum absolute atomic E-state index is 12.6. The Labute approximate surface area is 225 Å². The summed E-state index contributed by atoms with van der Waals surface area (Å²) >= 11 is 0. The molecule has 0 aliphatic carbocycles. The van der Waals surface area contributed by atoms with Gasteiger partial charge in [-0.2, -0.15) is 0 Å². The molecular weight excluding hydrogens is 502 g/mol. The number of alkyl halides is 2. The van der Waals surface area contributed by atoms with Gasteiger partial charge in [-0.1, -0.05) is 18.2 Å². The number of carbonyl (C=O) groups is 1. The highest BCUT2D eigenvalue weighted by Crippen LogP contribution is 2.23. The van der Waals surface area contributed by atoms with E-state index in [1.54, 1.807) is 30.4 Å². The van der Waals surface area contributed by atoms with Crippen LogP contribution in [0.1, 0.15) is 15.9 Å². The Morgan fingerprint density at radius 2 is 1.87 bits per heavy atom. The number of halogens is 2. The number of para-hydroxylation sites is 1. The van der Waals surface area contributed by atoms with E-state index in [0.29, 0.717) is 50.5 Å². The zero-order valence-corrected chi connectivity index (χ0v) is 21.6. The topological polar surface area (TPSA) is 99.2 Å². The van der Waals surface area contributed by atoms with Crippen molar-refractivity contribution >= 4 is 28.4 Å². The van der Waals surface area contributed by atoms with Crippen LogP contribution >= 0.6 is 0 Å². The van der Waals surface area contributed by atoms with Crippen LogP contribution in [0.15, 0.2) is 61.2 Å². The highest BCUT2D eigenvalue weighted by molar-refractivity contribution is 6.06. The van der Waals surface area contributed by atoms with Crippen molar-refractivity contribution in [3.8, 4) is 11.3 Å². The molecule has 2 N–H and O–H groups in total. The summed E-state index contributed by atoms with van der Waals surface area (Å²) in [5.74, 6) is 1.38. The quantitative estimate of drug-likeness (QED) is 0.338. The van der Waals surface area contributed by atoms with Gasteiger partial charge in [-0.15, -0.1) is 0 Å². The number of hydrogen-bond donors (Lipinski definition) is 2. The largest absolute Gasteiger partial charge is 0.370 e. The Morgan fingerprint density at radius 1 is 1.03 bits per heavy atom. The summed E-state index contributed by atoms with van der Waals surface area (Å²) in [6.07, 6.45) is 3.34. The van der Waals surface area contributed by atoms with Crippen molar-refractivity contribution in [2.75, 3.05) is 56.5 Å². The van der Waals surface area contributed by atoms with Crippen LogP contribution in [0.3, 0.4) is 0 Å². The Morgan fingerprint density at radius 3 is 2.62 bits per heavy atom.